The molecular weight excluding hydrogens is 358 g/mol. The monoisotopic (exact) mass is 377 g/mol. The largest absolute Gasteiger partial charge is 0.343 e. The van der Waals surface area contributed by atoms with E-state index in [0.717, 1.165) is 22.2 Å². The van der Waals surface area contributed by atoms with E-state index in [2.05, 4.69) is 33.1 Å². The SMILES string of the molecule is Cn1c(-c2ccccc2)cc2c(Nc3cccc(S(C)(=O)=O)c3)nccc21. The number of fused-ring (bicyclic) bond motifs is 1. The van der Waals surface area contributed by atoms with Gasteiger partial charge in [0.2, 0.25) is 0 Å². The van der Waals surface area contributed by atoms with Gasteiger partial charge in [0.25, 0.3) is 0 Å². The van der Waals surface area contributed by atoms with Crippen molar-refractivity contribution in [2.75, 3.05) is 11.6 Å². The number of benzene rings is 2. The summed E-state index contributed by atoms with van der Waals surface area (Å²) in [5.74, 6) is 0.691. The van der Waals surface area contributed by atoms with Gasteiger partial charge in [0.1, 0.15) is 5.82 Å². The summed E-state index contributed by atoms with van der Waals surface area (Å²) in [6.07, 6.45) is 2.95. The van der Waals surface area contributed by atoms with Crippen LogP contribution in [0.5, 0.6) is 0 Å². The summed E-state index contributed by atoms with van der Waals surface area (Å²) >= 11 is 0. The van der Waals surface area contributed by atoms with Gasteiger partial charge in [0.15, 0.2) is 9.84 Å². The maximum atomic E-state index is 11.8. The summed E-state index contributed by atoms with van der Waals surface area (Å²) in [4.78, 5) is 4.74. The van der Waals surface area contributed by atoms with E-state index in [9.17, 15) is 8.42 Å². The molecular formula is C21H19N3O2S. The Morgan fingerprint density at radius 1 is 0.963 bits per heavy atom. The molecule has 4 rings (SSSR count). The predicted octanol–water partition coefficient (Wildman–Crippen LogP) is 4.39. The van der Waals surface area contributed by atoms with E-state index < -0.39 is 9.84 Å². The molecule has 27 heavy (non-hydrogen) atoms. The van der Waals surface area contributed by atoms with Gasteiger partial charge in [-0.2, -0.15) is 0 Å². The van der Waals surface area contributed by atoms with E-state index in [4.69, 9.17) is 0 Å². The van der Waals surface area contributed by atoms with Crippen LogP contribution in [0.15, 0.2) is 77.8 Å². The molecule has 0 atom stereocenters. The van der Waals surface area contributed by atoms with Crippen LogP contribution in [0.4, 0.5) is 11.5 Å². The minimum Gasteiger partial charge on any atom is -0.343 e. The molecule has 0 saturated heterocycles. The lowest BCUT2D eigenvalue weighted by Gasteiger charge is -2.08. The van der Waals surface area contributed by atoms with Gasteiger partial charge in [0.05, 0.1) is 10.4 Å². The number of aromatic nitrogens is 2. The van der Waals surface area contributed by atoms with Crippen molar-refractivity contribution in [2.45, 2.75) is 4.90 Å². The number of pyridine rings is 1. The lowest BCUT2D eigenvalue weighted by molar-refractivity contribution is 0.602. The molecule has 4 aromatic rings. The molecule has 136 valence electrons. The summed E-state index contributed by atoms with van der Waals surface area (Å²) in [5.41, 5.74) is 3.95. The number of anilines is 2. The minimum absolute atomic E-state index is 0.276. The van der Waals surface area contributed by atoms with Crippen LogP contribution in [-0.2, 0) is 16.9 Å². The zero-order valence-corrected chi connectivity index (χ0v) is 15.9. The quantitative estimate of drug-likeness (QED) is 0.573. The first-order valence-corrected chi connectivity index (χ1v) is 10.4. The summed E-state index contributed by atoms with van der Waals surface area (Å²) in [5, 5.41) is 4.24. The fraction of sp³-hybridized carbons (Fsp3) is 0.0952. The first-order valence-electron chi connectivity index (χ1n) is 8.50. The van der Waals surface area contributed by atoms with Crippen molar-refractivity contribution in [3.63, 3.8) is 0 Å². The number of nitrogens with zero attached hydrogens (tertiary/aromatic N) is 2. The van der Waals surface area contributed by atoms with Crippen LogP contribution in [0.2, 0.25) is 0 Å². The molecule has 1 N–H and O–H groups in total. The molecule has 6 heteroatoms. The predicted molar refractivity (Wildman–Crippen MR) is 109 cm³/mol. The Bertz CT molecular complexity index is 1230. The van der Waals surface area contributed by atoms with Gasteiger partial charge < -0.3 is 9.88 Å². The average molecular weight is 377 g/mol. The molecule has 0 fully saturated rings. The van der Waals surface area contributed by atoms with E-state index >= 15 is 0 Å². The third-order valence-electron chi connectivity index (χ3n) is 4.57. The number of hydrogen-bond donors (Lipinski definition) is 1. The van der Waals surface area contributed by atoms with Gasteiger partial charge in [-0.3, -0.25) is 0 Å². The summed E-state index contributed by atoms with van der Waals surface area (Å²) in [7, 11) is -1.24. The highest BCUT2D eigenvalue weighted by atomic mass is 32.2. The van der Waals surface area contributed by atoms with Crippen LogP contribution in [0.3, 0.4) is 0 Å². The van der Waals surface area contributed by atoms with Gasteiger partial charge in [-0.15, -0.1) is 0 Å². The van der Waals surface area contributed by atoms with E-state index in [1.54, 1.807) is 24.4 Å². The number of nitrogens with one attached hydrogen (secondary N) is 1. The lowest BCUT2D eigenvalue weighted by Crippen LogP contribution is -1.99. The van der Waals surface area contributed by atoms with E-state index in [1.807, 2.05) is 37.4 Å². The molecule has 0 amide bonds. The minimum atomic E-state index is -3.26. The molecule has 0 unspecified atom stereocenters. The average Bonchev–Trinajstić information content (AvgIpc) is 3.00. The Morgan fingerprint density at radius 2 is 1.74 bits per heavy atom. The molecule has 2 aromatic carbocycles. The maximum Gasteiger partial charge on any atom is 0.175 e. The first kappa shape index (κ1) is 17.3. The summed E-state index contributed by atoms with van der Waals surface area (Å²) in [6, 6.07) is 21.0. The van der Waals surface area contributed by atoms with Crippen molar-refractivity contribution >= 4 is 32.2 Å². The molecule has 0 saturated carbocycles. The third-order valence-corrected chi connectivity index (χ3v) is 5.68. The van der Waals surface area contributed by atoms with Crippen molar-refractivity contribution in [3.05, 3.63) is 72.9 Å². The van der Waals surface area contributed by atoms with Gasteiger partial charge in [-0.05, 0) is 35.9 Å². The Balaban J connectivity index is 1.80. The molecule has 2 aromatic heterocycles. The Morgan fingerprint density at radius 3 is 2.48 bits per heavy atom. The summed E-state index contributed by atoms with van der Waals surface area (Å²) in [6.45, 7) is 0. The number of sulfone groups is 1. The lowest BCUT2D eigenvalue weighted by atomic mass is 10.1. The standard InChI is InChI=1S/C21H19N3O2S/c1-24-19-11-12-22-21(18(19)14-20(24)15-7-4-3-5-8-15)23-16-9-6-10-17(13-16)27(2,25)26/h3-14H,1-2H3,(H,22,23). The second-order valence-corrected chi connectivity index (χ2v) is 8.49. The van der Waals surface area contributed by atoms with Crippen LogP contribution in [0, 0.1) is 0 Å². The second kappa shape index (κ2) is 6.55. The normalized spacial score (nSPS) is 11.6. The van der Waals surface area contributed by atoms with Crippen molar-refractivity contribution < 1.29 is 8.42 Å². The molecule has 0 aliphatic rings. The van der Waals surface area contributed by atoms with Gasteiger partial charge in [-0.25, -0.2) is 13.4 Å². The van der Waals surface area contributed by atoms with Crippen LogP contribution in [0.25, 0.3) is 22.2 Å². The topological polar surface area (TPSA) is 64.0 Å². The highest BCUT2D eigenvalue weighted by molar-refractivity contribution is 7.90. The molecule has 0 spiro atoms. The number of aryl methyl sites for hydroxylation is 1. The fourth-order valence-corrected chi connectivity index (χ4v) is 3.85. The van der Waals surface area contributed by atoms with Crippen LogP contribution < -0.4 is 5.32 Å². The third kappa shape index (κ3) is 3.31. The highest BCUT2D eigenvalue weighted by Gasteiger charge is 2.13. The molecule has 0 aliphatic carbocycles. The molecule has 2 heterocycles. The molecule has 0 radical (unpaired) electrons. The Labute approximate surface area is 158 Å². The van der Waals surface area contributed by atoms with Gasteiger partial charge in [-0.1, -0.05) is 36.4 Å². The van der Waals surface area contributed by atoms with Crippen molar-refractivity contribution in [1.29, 1.82) is 0 Å². The van der Waals surface area contributed by atoms with Crippen molar-refractivity contribution in [1.82, 2.24) is 9.55 Å². The van der Waals surface area contributed by atoms with E-state index in [0.29, 0.717) is 11.5 Å². The zero-order chi connectivity index (χ0) is 19.0. The van der Waals surface area contributed by atoms with Gasteiger partial charge >= 0.3 is 0 Å². The second-order valence-electron chi connectivity index (χ2n) is 6.47. The Hall–Kier alpha value is -3.12. The van der Waals surface area contributed by atoms with Crippen LogP contribution in [0.1, 0.15) is 0 Å². The van der Waals surface area contributed by atoms with Crippen molar-refractivity contribution in [3.8, 4) is 11.3 Å². The van der Waals surface area contributed by atoms with E-state index in [-0.39, 0.29) is 4.90 Å². The number of hydrogen-bond acceptors (Lipinski definition) is 4. The van der Waals surface area contributed by atoms with E-state index in [1.165, 1.54) is 6.26 Å². The molecule has 0 aliphatic heterocycles. The van der Waals surface area contributed by atoms with Gasteiger partial charge in [0, 0.05) is 36.3 Å². The fourth-order valence-electron chi connectivity index (χ4n) is 3.19. The number of rotatable bonds is 4. The highest BCUT2D eigenvalue weighted by Crippen LogP contribution is 2.32. The van der Waals surface area contributed by atoms with Crippen LogP contribution >= 0.6 is 0 Å². The molecule has 5 nitrogen and oxygen atoms in total. The van der Waals surface area contributed by atoms with Crippen molar-refractivity contribution in [2.24, 2.45) is 7.05 Å². The zero-order valence-electron chi connectivity index (χ0n) is 15.0. The molecule has 0 bridgehead atoms. The maximum absolute atomic E-state index is 11.8. The first-order chi connectivity index (χ1) is 12.9. The smallest absolute Gasteiger partial charge is 0.175 e. The summed E-state index contributed by atoms with van der Waals surface area (Å²) < 4.78 is 25.7. The van der Waals surface area contributed by atoms with Crippen LogP contribution in [-0.4, -0.2) is 24.2 Å². The Kier molecular flexibility index (Phi) is 4.20.